The Balaban J connectivity index is 1.71. The van der Waals surface area contributed by atoms with Crippen molar-refractivity contribution in [2.24, 2.45) is 5.41 Å². The van der Waals surface area contributed by atoms with E-state index in [2.05, 4.69) is 20.4 Å². The molecule has 0 aliphatic heterocycles. The van der Waals surface area contributed by atoms with Crippen LogP contribution in [0.1, 0.15) is 26.5 Å². The van der Waals surface area contributed by atoms with Crippen LogP contribution in [0.3, 0.4) is 0 Å². The number of pyridine rings is 1. The molecule has 0 aliphatic carbocycles. The van der Waals surface area contributed by atoms with Crippen LogP contribution in [-0.2, 0) is 11.2 Å². The summed E-state index contributed by atoms with van der Waals surface area (Å²) in [4.78, 5) is 20.5. The van der Waals surface area contributed by atoms with Gasteiger partial charge in [-0.05, 0) is 18.2 Å². The summed E-state index contributed by atoms with van der Waals surface area (Å²) in [7, 11) is 0. The van der Waals surface area contributed by atoms with Crippen LogP contribution >= 0.6 is 0 Å². The van der Waals surface area contributed by atoms with Gasteiger partial charge in [-0.15, -0.1) is 0 Å². The zero-order valence-electron chi connectivity index (χ0n) is 14.2. The Labute approximate surface area is 141 Å². The normalized spacial score (nSPS) is 11.6. The Morgan fingerprint density at radius 2 is 1.96 bits per heavy atom. The first-order valence-electron chi connectivity index (χ1n) is 7.97. The van der Waals surface area contributed by atoms with E-state index >= 15 is 0 Å². The lowest BCUT2D eigenvalue weighted by Gasteiger charge is -2.17. The minimum absolute atomic E-state index is 0.0457. The maximum absolute atomic E-state index is 11.9. The predicted molar refractivity (Wildman–Crippen MR) is 92.4 cm³/mol. The fraction of sp³-hybridized carbons (Fsp3) is 0.333. The largest absolute Gasteiger partial charge is 0.355 e. The average molecular weight is 323 g/mol. The molecule has 24 heavy (non-hydrogen) atoms. The number of nitrogens with one attached hydrogen (secondary N) is 1. The van der Waals surface area contributed by atoms with Gasteiger partial charge in [-0.2, -0.15) is 5.10 Å². The summed E-state index contributed by atoms with van der Waals surface area (Å²) >= 11 is 0. The standard InChI is InChI=1S/C18H21N5O/c1-18(2,3)17(24)20-10-6-14-12-16-21-15(7-11-23(16)22-14)13-4-8-19-9-5-13/h4-5,7-9,11-12H,6,10H2,1-3H3,(H,20,24). The van der Waals surface area contributed by atoms with Gasteiger partial charge in [-0.25, -0.2) is 9.50 Å². The number of amides is 1. The van der Waals surface area contributed by atoms with Gasteiger partial charge in [0, 0.05) is 48.6 Å². The van der Waals surface area contributed by atoms with E-state index in [-0.39, 0.29) is 11.3 Å². The van der Waals surface area contributed by atoms with Crippen molar-refractivity contribution in [3.05, 3.63) is 48.5 Å². The molecule has 0 atom stereocenters. The highest BCUT2D eigenvalue weighted by Gasteiger charge is 2.20. The van der Waals surface area contributed by atoms with Crippen molar-refractivity contribution >= 4 is 11.6 Å². The molecule has 0 saturated carbocycles. The molecule has 3 rings (SSSR count). The predicted octanol–water partition coefficient (Wildman–Crippen LogP) is 2.50. The topological polar surface area (TPSA) is 72.2 Å². The third-order valence-corrected chi connectivity index (χ3v) is 3.70. The third-order valence-electron chi connectivity index (χ3n) is 3.70. The van der Waals surface area contributed by atoms with Gasteiger partial charge in [0.05, 0.1) is 11.4 Å². The molecule has 6 nitrogen and oxygen atoms in total. The molecule has 0 saturated heterocycles. The number of hydrogen-bond donors (Lipinski definition) is 1. The monoisotopic (exact) mass is 323 g/mol. The maximum Gasteiger partial charge on any atom is 0.225 e. The zero-order valence-corrected chi connectivity index (χ0v) is 14.2. The molecule has 3 heterocycles. The second kappa shape index (κ2) is 6.39. The molecule has 0 bridgehead atoms. The summed E-state index contributed by atoms with van der Waals surface area (Å²) in [5.41, 5.74) is 3.23. The van der Waals surface area contributed by atoms with Crippen LogP contribution in [0.2, 0.25) is 0 Å². The number of rotatable bonds is 4. The number of carbonyl (C=O) groups is 1. The molecule has 3 aromatic rings. The second-order valence-corrected chi connectivity index (χ2v) is 6.74. The zero-order chi connectivity index (χ0) is 17.2. The summed E-state index contributed by atoms with van der Waals surface area (Å²) in [5, 5.41) is 7.43. The number of nitrogens with zero attached hydrogens (tertiary/aromatic N) is 4. The Bertz CT molecular complexity index is 849. The quantitative estimate of drug-likeness (QED) is 0.801. The van der Waals surface area contributed by atoms with E-state index in [1.54, 1.807) is 16.9 Å². The van der Waals surface area contributed by atoms with Crippen molar-refractivity contribution in [1.82, 2.24) is 24.9 Å². The minimum Gasteiger partial charge on any atom is -0.355 e. The molecule has 1 amide bonds. The first-order chi connectivity index (χ1) is 11.4. The number of hydrogen-bond acceptors (Lipinski definition) is 4. The number of carbonyl (C=O) groups excluding carboxylic acids is 1. The van der Waals surface area contributed by atoms with E-state index in [0.29, 0.717) is 13.0 Å². The summed E-state index contributed by atoms with van der Waals surface area (Å²) in [5.74, 6) is 0.0457. The lowest BCUT2D eigenvalue weighted by atomic mass is 9.96. The van der Waals surface area contributed by atoms with E-state index in [4.69, 9.17) is 0 Å². The van der Waals surface area contributed by atoms with Crippen molar-refractivity contribution < 1.29 is 4.79 Å². The molecule has 0 aromatic carbocycles. The lowest BCUT2D eigenvalue weighted by molar-refractivity contribution is -0.128. The maximum atomic E-state index is 11.9. The van der Waals surface area contributed by atoms with E-state index in [1.165, 1.54) is 0 Å². The Hall–Kier alpha value is -2.76. The van der Waals surface area contributed by atoms with Gasteiger partial charge in [0.25, 0.3) is 0 Å². The highest BCUT2D eigenvalue weighted by molar-refractivity contribution is 5.81. The van der Waals surface area contributed by atoms with Crippen LogP contribution in [0.15, 0.2) is 42.9 Å². The van der Waals surface area contributed by atoms with E-state index < -0.39 is 0 Å². The number of aromatic nitrogens is 4. The summed E-state index contributed by atoms with van der Waals surface area (Å²) in [6.07, 6.45) is 6.08. The molecule has 6 heteroatoms. The van der Waals surface area contributed by atoms with E-state index in [9.17, 15) is 4.79 Å². The number of fused-ring (bicyclic) bond motifs is 1. The molecule has 0 fully saturated rings. The summed E-state index contributed by atoms with van der Waals surface area (Å²) in [6.45, 7) is 6.27. The van der Waals surface area contributed by atoms with Crippen molar-refractivity contribution in [3.8, 4) is 11.3 Å². The molecule has 0 unspecified atom stereocenters. The SMILES string of the molecule is CC(C)(C)C(=O)NCCc1cc2nc(-c3ccncc3)ccn2n1. The third kappa shape index (κ3) is 3.59. The van der Waals surface area contributed by atoms with Crippen LogP contribution in [0, 0.1) is 5.41 Å². The first kappa shape index (κ1) is 16.1. The van der Waals surface area contributed by atoms with Gasteiger partial charge in [0.1, 0.15) is 0 Å². The second-order valence-electron chi connectivity index (χ2n) is 6.74. The van der Waals surface area contributed by atoms with Crippen LogP contribution in [0.25, 0.3) is 16.9 Å². The molecule has 124 valence electrons. The molecule has 0 radical (unpaired) electrons. The Kier molecular flexibility index (Phi) is 4.29. The fourth-order valence-corrected chi connectivity index (χ4v) is 2.30. The van der Waals surface area contributed by atoms with Gasteiger partial charge in [0.2, 0.25) is 5.91 Å². The average Bonchev–Trinajstić information content (AvgIpc) is 2.96. The lowest BCUT2D eigenvalue weighted by Crippen LogP contribution is -2.35. The van der Waals surface area contributed by atoms with E-state index in [1.807, 2.05) is 51.2 Å². The smallest absolute Gasteiger partial charge is 0.225 e. The van der Waals surface area contributed by atoms with Crippen LogP contribution in [-0.4, -0.2) is 32.0 Å². The molecular weight excluding hydrogens is 302 g/mol. The Morgan fingerprint density at radius 1 is 1.21 bits per heavy atom. The van der Waals surface area contributed by atoms with Gasteiger partial charge in [-0.3, -0.25) is 9.78 Å². The van der Waals surface area contributed by atoms with Crippen LogP contribution < -0.4 is 5.32 Å². The van der Waals surface area contributed by atoms with Crippen LogP contribution in [0.4, 0.5) is 0 Å². The molecule has 0 spiro atoms. The van der Waals surface area contributed by atoms with Gasteiger partial charge < -0.3 is 5.32 Å². The molecule has 3 aromatic heterocycles. The van der Waals surface area contributed by atoms with E-state index in [0.717, 1.165) is 22.6 Å². The Morgan fingerprint density at radius 3 is 2.67 bits per heavy atom. The molecular formula is C18H21N5O. The van der Waals surface area contributed by atoms with Crippen LogP contribution in [0.5, 0.6) is 0 Å². The summed E-state index contributed by atoms with van der Waals surface area (Å²) < 4.78 is 1.76. The minimum atomic E-state index is -0.375. The van der Waals surface area contributed by atoms with Crippen molar-refractivity contribution in [1.29, 1.82) is 0 Å². The van der Waals surface area contributed by atoms with Gasteiger partial charge >= 0.3 is 0 Å². The highest BCUT2D eigenvalue weighted by Crippen LogP contribution is 2.17. The molecule has 1 N–H and O–H groups in total. The van der Waals surface area contributed by atoms with Crippen molar-refractivity contribution in [2.75, 3.05) is 6.54 Å². The fourth-order valence-electron chi connectivity index (χ4n) is 2.30. The van der Waals surface area contributed by atoms with Gasteiger partial charge in [0.15, 0.2) is 5.65 Å². The van der Waals surface area contributed by atoms with Crippen molar-refractivity contribution in [2.45, 2.75) is 27.2 Å². The summed E-state index contributed by atoms with van der Waals surface area (Å²) in [6, 6.07) is 7.74. The van der Waals surface area contributed by atoms with Crippen molar-refractivity contribution in [3.63, 3.8) is 0 Å². The van der Waals surface area contributed by atoms with Gasteiger partial charge in [-0.1, -0.05) is 20.8 Å². The first-order valence-corrected chi connectivity index (χ1v) is 7.97. The molecule has 0 aliphatic rings. The highest BCUT2D eigenvalue weighted by atomic mass is 16.2.